The topological polar surface area (TPSA) is 25.8 Å². The summed E-state index contributed by atoms with van der Waals surface area (Å²) in [6.45, 7) is 2.04. The maximum absolute atomic E-state index is 4.39. The zero-order chi connectivity index (χ0) is 8.84. The lowest BCUT2D eigenvalue weighted by Gasteiger charge is -1.90. The molecule has 1 aromatic carbocycles. The van der Waals surface area contributed by atoms with Crippen molar-refractivity contribution in [3.8, 4) is 0 Å². The number of hydrogen-bond acceptors (Lipinski definition) is 4. The maximum Gasteiger partial charge on any atom is 0.0946 e. The molecule has 0 atom stereocenters. The Hall–Kier alpha value is -1.00. The van der Waals surface area contributed by atoms with Crippen LogP contribution >= 0.6 is 23.1 Å². The van der Waals surface area contributed by atoms with Gasteiger partial charge in [-0.15, -0.1) is 0 Å². The molecule has 0 aliphatic carbocycles. The van der Waals surface area contributed by atoms with Crippen LogP contribution in [0.2, 0.25) is 0 Å². The van der Waals surface area contributed by atoms with E-state index in [0.29, 0.717) is 0 Å². The van der Waals surface area contributed by atoms with E-state index in [4.69, 9.17) is 0 Å². The first-order chi connectivity index (χ1) is 6.36. The van der Waals surface area contributed by atoms with Crippen LogP contribution in [0.3, 0.4) is 0 Å². The van der Waals surface area contributed by atoms with Crippen LogP contribution in [0.1, 0.15) is 5.69 Å². The van der Waals surface area contributed by atoms with E-state index in [1.54, 1.807) is 11.5 Å². The molecule has 0 unspecified atom stereocenters. The average molecular weight is 206 g/mol. The van der Waals surface area contributed by atoms with Crippen LogP contribution in [0, 0.1) is 6.92 Å². The zero-order valence-electron chi connectivity index (χ0n) is 6.94. The Morgan fingerprint density at radius 3 is 3.08 bits per heavy atom. The molecule has 0 aliphatic heterocycles. The van der Waals surface area contributed by atoms with Gasteiger partial charge in [-0.05, 0) is 36.1 Å². The van der Waals surface area contributed by atoms with E-state index in [1.165, 1.54) is 27.0 Å². The van der Waals surface area contributed by atoms with Gasteiger partial charge in [-0.3, -0.25) is 0 Å². The smallest absolute Gasteiger partial charge is 0.0946 e. The first kappa shape index (κ1) is 7.41. The van der Waals surface area contributed by atoms with Gasteiger partial charge >= 0.3 is 0 Å². The van der Waals surface area contributed by atoms with E-state index in [-0.39, 0.29) is 0 Å². The number of aryl methyl sites for hydroxylation is 1. The van der Waals surface area contributed by atoms with Gasteiger partial charge in [-0.2, -0.15) is 8.75 Å². The van der Waals surface area contributed by atoms with Crippen LogP contribution in [-0.2, 0) is 0 Å². The molecule has 0 radical (unpaired) electrons. The fourth-order valence-electron chi connectivity index (χ4n) is 1.51. The molecule has 0 aliphatic rings. The quantitative estimate of drug-likeness (QED) is 0.564. The summed E-state index contributed by atoms with van der Waals surface area (Å²) < 4.78 is 9.95. The number of nitrogens with zero attached hydrogens (tertiary/aromatic N) is 2. The van der Waals surface area contributed by atoms with E-state index in [9.17, 15) is 0 Å². The van der Waals surface area contributed by atoms with Crippen LogP contribution in [0.4, 0.5) is 0 Å². The van der Waals surface area contributed by atoms with Crippen molar-refractivity contribution in [1.29, 1.82) is 0 Å². The van der Waals surface area contributed by atoms with Crippen molar-refractivity contribution >= 4 is 44.1 Å². The first-order valence-corrected chi connectivity index (χ1v) is 5.56. The summed E-state index contributed by atoms with van der Waals surface area (Å²) >= 11 is 3.05. The third-order valence-corrected chi connectivity index (χ3v) is 3.69. The Balaban J connectivity index is 2.70. The highest BCUT2D eigenvalue weighted by Gasteiger charge is 2.07. The zero-order valence-corrected chi connectivity index (χ0v) is 8.58. The molecule has 2 aromatic heterocycles. The molecular weight excluding hydrogens is 200 g/mol. The van der Waals surface area contributed by atoms with E-state index < -0.39 is 0 Å². The second kappa shape index (κ2) is 2.49. The standard InChI is InChI=1S/C9H6N2S2/c1-5-8-7(13-10-5)3-2-6-4-12-11-9(6)8/h2-4H,1H3. The number of fused-ring (bicyclic) bond motifs is 3. The summed E-state index contributed by atoms with van der Waals surface area (Å²) in [5, 5.41) is 4.52. The highest BCUT2D eigenvalue weighted by Crippen LogP contribution is 2.30. The van der Waals surface area contributed by atoms with Gasteiger partial charge in [0, 0.05) is 16.2 Å². The largest absolute Gasteiger partial charge is 0.197 e. The molecule has 0 N–H and O–H groups in total. The van der Waals surface area contributed by atoms with Crippen molar-refractivity contribution in [2.45, 2.75) is 6.92 Å². The number of benzene rings is 1. The van der Waals surface area contributed by atoms with Crippen LogP contribution < -0.4 is 0 Å². The van der Waals surface area contributed by atoms with Crippen molar-refractivity contribution in [3.63, 3.8) is 0 Å². The van der Waals surface area contributed by atoms with E-state index >= 15 is 0 Å². The summed E-state index contributed by atoms with van der Waals surface area (Å²) in [6.07, 6.45) is 0. The van der Waals surface area contributed by atoms with Crippen LogP contribution in [-0.4, -0.2) is 8.75 Å². The minimum Gasteiger partial charge on any atom is -0.197 e. The third kappa shape index (κ3) is 0.927. The van der Waals surface area contributed by atoms with Crippen molar-refractivity contribution in [1.82, 2.24) is 8.75 Å². The molecule has 0 bridgehead atoms. The van der Waals surface area contributed by atoms with Gasteiger partial charge in [-0.25, -0.2) is 0 Å². The van der Waals surface area contributed by atoms with E-state index in [0.717, 1.165) is 11.2 Å². The maximum atomic E-state index is 4.39. The van der Waals surface area contributed by atoms with Crippen molar-refractivity contribution in [3.05, 3.63) is 23.2 Å². The summed E-state index contributed by atoms with van der Waals surface area (Å²) in [5.74, 6) is 0. The lowest BCUT2D eigenvalue weighted by atomic mass is 10.2. The molecule has 3 rings (SSSR count). The third-order valence-electron chi connectivity index (χ3n) is 2.14. The van der Waals surface area contributed by atoms with Gasteiger partial charge < -0.3 is 0 Å². The molecule has 0 fully saturated rings. The minimum atomic E-state index is 1.09. The second-order valence-electron chi connectivity index (χ2n) is 2.96. The SMILES string of the molecule is Cc1nsc2ccc3csnc3c12. The Labute approximate surface area is 83.2 Å². The van der Waals surface area contributed by atoms with E-state index in [2.05, 4.69) is 26.3 Å². The van der Waals surface area contributed by atoms with Gasteiger partial charge in [0.25, 0.3) is 0 Å². The monoisotopic (exact) mass is 206 g/mol. The first-order valence-electron chi connectivity index (χ1n) is 3.95. The summed E-state index contributed by atoms with van der Waals surface area (Å²) in [4.78, 5) is 0. The van der Waals surface area contributed by atoms with Gasteiger partial charge in [0.2, 0.25) is 0 Å². The lowest BCUT2D eigenvalue weighted by Crippen LogP contribution is -1.73. The second-order valence-corrected chi connectivity index (χ2v) is 4.39. The Morgan fingerprint density at radius 2 is 2.15 bits per heavy atom. The van der Waals surface area contributed by atoms with E-state index in [1.807, 2.05) is 6.92 Å². The normalized spacial score (nSPS) is 11.5. The summed E-state index contributed by atoms with van der Waals surface area (Å²) in [7, 11) is 0. The molecule has 3 aromatic rings. The van der Waals surface area contributed by atoms with Crippen molar-refractivity contribution in [2.24, 2.45) is 0 Å². The molecule has 4 heteroatoms. The predicted molar refractivity (Wildman–Crippen MR) is 57.5 cm³/mol. The molecule has 0 spiro atoms. The molecule has 2 heterocycles. The minimum absolute atomic E-state index is 1.09. The fraction of sp³-hybridized carbons (Fsp3) is 0.111. The fourth-order valence-corrected chi connectivity index (χ4v) is 2.96. The molecular formula is C9H6N2S2. The van der Waals surface area contributed by atoms with Crippen molar-refractivity contribution < 1.29 is 0 Å². The molecule has 64 valence electrons. The van der Waals surface area contributed by atoms with Crippen LogP contribution in [0.15, 0.2) is 17.5 Å². The Bertz CT molecular complexity index is 579. The van der Waals surface area contributed by atoms with Crippen LogP contribution in [0.25, 0.3) is 21.0 Å². The van der Waals surface area contributed by atoms with Gasteiger partial charge in [0.1, 0.15) is 0 Å². The number of hydrogen-bond donors (Lipinski definition) is 0. The van der Waals surface area contributed by atoms with Gasteiger partial charge in [0.05, 0.1) is 15.9 Å². The molecule has 0 saturated heterocycles. The van der Waals surface area contributed by atoms with Gasteiger partial charge in [0.15, 0.2) is 0 Å². The summed E-state index contributed by atoms with van der Waals surface area (Å²) in [5.41, 5.74) is 2.20. The van der Waals surface area contributed by atoms with Crippen molar-refractivity contribution in [2.75, 3.05) is 0 Å². The molecule has 13 heavy (non-hydrogen) atoms. The summed E-state index contributed by atoms with van der Waals surface area (Å²) in [6, 6.07) is 4.23. The average Bonchev–Trinajstić information content (AvgIpc) is 2.70. The highest BCUT2D eigenvalue weighted by molar-refractivity contribution is 7.13. The molecule has 2 nitrogen and oxygen atoms in total. The number of rotatable bonds is 0. The highest BCUT2D eigenvalue weighted by atomic mass is 32.1. The van der Waals surface area contributed by atoms with Crippen LogP contribution in [0.5, 0.6) is 0 Å². The molecule has 0 amide bonds. The lowest BCUT2D eigenvalue weighted by molar-refractivity contribution is 1.38. The van der Waals surface area contributed by atoms with Gasteiger partial charge in [-0.1, -0.05) is 6.07 Å². The Morgan fingerprint density at radius 1 is 1.23 bits per heavy atom. The number of aromatic nitrogens is 2. The Kier molecular flexibility index (Phi) is 1.42. The predicted octanol–water partition coefficient (Wildman–Crippen LogP) is 3.21. The molecule has 0 saturated carbocycles.